The number of hydrogen-bond donors (Lipinski definition) is 1. The summed E-state index contributed by atoms with van der Waals surface area (Å²) in [4.78, 5) is 12.2. The molecule has 0 bridgehead atoms. The van der Waals surface area contributed by atoms with Crippen LogP contribution in [0.2, 0.25) is 0 Å². The van der Waals surface area contributed by atoms with Gasteiger partial charge >= 0.3 is 0 Å². The summed E-state index contributed by atoms with van der Waals surface area (Å²) in [6.45, 7) is 6.69. The third kappa shape index (κ3) is 2.13. The summed E-state index contributed by atoms with van der Waals surface area (Å²) in [5.41, 5.74) is 0.534. The maximum Gasteiger partial charge on any atom is 0.133 e. The Balaban J connectivity index is 1.65. The predicted octanol–water partition coefficient (Wildman–Crippen LogP) is 4.37. The molecule has 3 saturated carbocycles. The monoisotopic (exact) mass is 316 g/mol. The quantitative estimate of drug-likeness (QED) is 0.729. The summed E-state index contributed by atoms with van der Waals surface area (Å²) in [5, 5.41) is 10.0. The molecule has 0 radical (unpaired) electrons. The van der Waals surface area contributed by atoms with E-state index in [4.69, 9.17) is 0 Å². The Morgan fingerprint density at radius 2 is 1.87 bits per heavy atom. The fourth-order valence-corrected chi connectivity index (χ4v) is 7.46. The Hall–Kier alpha value is -0.630. The van der Waals surface area contributed by atoms with Gasteiger partial charge in [-0.05, 0) is 86.4 Å². The molecule has 0 aromatic heterocycles. The van der Waals surface area contributed by atoms with Crippen molar-refractivity contribution in [3.05, 3.63) is 12.2 Å². The number of carbonyl (C=O) groups is 1. The Morgan fingerprint density at radius 1 is 1.09 bits per heavy atom. The first-order valence-corrected chi connectivity index (χ1v) is 9.74. The van der Waals surface area contributed by atoms with Gasteiger partial charge in [-0.1, -0.05) is 26.0 Å². The molecule has 0 amide bonds. The van der Waals surface area contributed by atoms with Crippen molar-refractivity contribution in [2.45, 2.75) is 71.8 Å². The second-order valence-electron chi connectivity index (χ2n) is 9.46. The number of ketones is 1. The molecule has 0 spiro atoms. The largest absolute Gasteiger partial charge is 0.389 e. The maximum absolute atomic E-state index is 12.2. The van der Waals surface area contributed by atoms with Gasteiger partial charge in [0.1, 0.15) is 5.78 Å². The Bertz CT molecular complexity index is 538. The van der Waals surface area contributed by atoms with Gasteiger partial charge in [0.2, 0.25) is 0 Å². The van der Waals surface area contributed by atoms with Crippen LogP contribution in [0.1, 0.15) is 65.7 Å². The average molecular weight is 316 g/mol. The third-order valence-corrected chi connectivity index (χ3v) is 8.66. The topological polar surface area (TPSA) is 37.3 Å². The van der Waals surface area contributed by atoms with E-state index in [2.05, 4.69) is 26.0 Å². The van der Waals surface area contributed by atoms with Crippen LogP contribution in [0.15, 0.2) is 12.2 Å². The SMILES string of the molecule is CC(=O)[C@H]1CC[C@H]2[C@@H]3CCC4C[C@@H](O)C=C[C@]4(C)[C@H]3CC[C@]12C. The second kappa shape index (κ2) is 5.18. The number of hydrogen-bond acceptors (Lipinski definition) is 2. The van der Waals surface area contributed by atoms with E-state index < -0.39 is 0 Å². The molecule has 1 N–H and O–H groups in total. The predicted molar refractivity (Wildman–Crippen MR) is 91.8 cm³/mol. The number of rotatable bonds is 1. The summed E-state index contributed by atoms with van der Waals surface area (Å²) < 4.78 is 0. The van der Waals surface area contributed by atoms with Crippen molar-refractivity contribution in [1.82, 2.24) is 0 Å². The van der Waals surface area contributed by atoms with Crippen molar-refractivity contribution >= 4 is 5.78 Å². The molecule has 2 nitrogen and oxygen atoms in total. The summed E-state index contributed by atoms with van der Waals surface area (Å²) in [6, 6.07) is 0. The normalized spacial score (nSPS) is 55.0. The Kier molecular flexibility index (Phi) is 3.58. The smallest absolute Gasteiger partial charge is 0.133 e. The zero-order valence-corrected chi connectivity index (χ0v) is 14.9. The first kappa shape index (κ1) is 15.9. The molecule has 4 aliphatic rings. The molecule has 3 fully saturated rings. The van der Waals surface area contributed by atoms with Crippen molar-refractivity contribution in [2.75, 3.05) is 0 Å². The van der Waals surface area contributed by atoms with Gasteiger partial charge < -0.3 is 5.11 Å². The number of allylic oxidation sites excluding steroid dienone is 1. The van der Waals surface area contributed by atoms with Crippen LogP contribution in [0.3, 0.4) is 0 Å². The zero-order chi connectivity index (χ0) is 16.4. The van der Waals surface area contributed by atoms with Crippen molar-refractivity contribution in [1.29, 1.82) is 0 Å². The highest BCUT2D eigenvalue weighted by Crippen LogP contribution is 2.66. The summed E-state index contributed by atoms with van der Waals surface area (Å²) >= 11 is 0. The highest BCUT2D eigenvalue weighted by molar-refractivity contribution is 5.79. The van der Waals surface area contributed by atoms with Crippen LogP contribution in [0, 0.1) is 40.4 Å². The van der Waals surface area contributed by atoms with Gasteiger partial charge in [0.05, 0.1) is 6.10 Å². The molecule has 4 rings (SSSR count). The number of fused-ring (bicyclic) bond motifs is 5. The van der Waals surface area contributed by atoms with E-state index >= 15 is 0 Å². The fraction of sp³-hybridized carbons (Fsp3) is 0.857. The Morgan fingerprint density at radius 3 is 2.61 bits per heavy atom. The third-order valence-electron chi connectivity index (χ3n) is 8.66. The van der Waals surface area contributed by atoms with Crippen molar-refractivity contribution in [3.8, 4) is 0 Å². The Labute approximate surface area is 140 Å². The summed E-state index contributed by atoms with van der Waals surface area (Å²) in [5.74, 6) is 3.68. The van der Waals surface area contributed by atoms with E-state index in [-0.39, 0.29) is 16.9 Å². The maximum atomic E-state index is 12.2. The number of aliphatic hydroxyl groups excluding tert-OH is 1. The number of Topliss-reactive ketones (excluding diaryl/α,β-unsaturated/α-hetero) is 1. The lowest BCUT2D eigenvalue weighted by Gasteiger charge is -2.59. The molecule has 0 aromatic rings. The number of aliphatic hydroxyl groups is 1. The van der Waals surface area contributed by atoms with Crippen LogP contribution >= 0.6 is 0 Å². The van der Waals surface area contributed by atoms with Crippen LogP contribution < -0.4 is 0 Å². The molecule has 0 saturated heterocycles. The molecule has 4 aliphatic carbocycles. The van der Waals surface area contributed by atoms with E-state index in [1.165, 1.54) is 32.1 Å². The molecule has 2 heteroatoms. The van der Waals surface area contributed by atoms with Gasteiger partial charge in [-0.15, -0.1) is 0 Å². The highest BCUT2D eigenvalue weighted by Gasteiger charge is 2.60. The molecule has 0 aliphatic heterocycles. The lowest BCUT2D eigenvalue weighted by molar-refractivity contribution is -0.129. The summed E-state index contributed by atoms with van der Waals surface area (Å²) in [7, 11) is 0. The van der Waals surface area contributed by atoms with Gasteiger partial charge in [0, 0.05) is 5.92 Å². The van der Waals surface area contributed by atoms with Crippen LogP contribution in [-0.4, -0.2) is 17.0 Å². The lowest BCUT2D eigenvalue weighted by Crippen LogP contribution is -2.53. The lowest BCUT2D eigenvalue weighted by atomic mass is 9.46. The second-order valence-corrected chi connectivity index (χ2v) is 9.46. The molecule has 1 unspecified atom stereocenters. The molecule has 128 valence electrons. The minimum absolute atomic E-state index is 0.230. The molecular weight excluding hydrogens is 284 g/mol. The standard InChI is InChI=1S/C21H32O2/c1-13(22)17-6-7-18-16-5-4-14-12-15(23)8-10-20(14,2)19(16)9-11-21(17,18)3/h8,10,14-19,23H,4-7,9,11-12H2,1-3H3/t14?,15-,16-,17+,18-,19-,20-,21+/m0/s1. The van der Waals surface area contributed by atoms with Crippen LogP contribution in [0.4, 0.5) is 0 Å². The fourth-order valence-electron chi connectivity index (χ4n) is 7.46. The van der Waals surface area contributed by atoms with Crippen LogP contribution in [0.5, 0.6) is 0 Å². The zero-order valence-electron chi connectivity index (χ0n) is 14.9. The van der Waals surface area contributed by atoms with E-state index in [1.807, 2.05) is 6.92 Å². The van der Waals surface area contributed by atoms with Crippen molar-refractivity contribution in [2.24, 2.45) is 40.4 Å². The molecule has 23 heavy (non-hydrogen) atoms. The first-order valence-electron chi connectivity index (χ1n) is 9.74. The minimum Gasteiger partial charge on any atom is -0.389 e. The van der Waals surface area contributed by atoms with Gasteiger partial charge in [-0.2, -0.15) is 0 Å². The van der Waals surface area contributed by atoms with Crippen LogP contribution in [0.25, 0.3) is 0 Å². The highest BCUT2D eigenvalue weighted by atomic mass is 16.3. The van der Waals surface area contributed by atoms with Crippen molar-refractivity contribution in [3.63, 3.8) is 0 Å². The van der Waals surface area contributed by atoms with Gasteiger partial charge in [-0.3, -0.25) is 4.79 Å². The van der Waals surface area contributed by atoms with Crippen molar-refractivity contribution < 1.29 is 9.90 Å². The first-order chi connectivity index (χ1) is 10.9. The molecule has 8 atom stereocenters. The average Bonchev–Trinajstić information content (AvgIpc) is 2.85. The summed E-state index contributed by atoms with van der Waals surface area (Å²) in [6.07, 6.45) is 12.6. The minimum atomic E-state index is -0.230. The molecular formula is C21H32O2. The molecule has 0 aromatic carbocycles. The van der Waals surface area contributed by atoms with E-state index in [9.17, 15) is 9.90 Å². The van der Waals surface area contributed by atoms with Gasteiger partial charge in [0.25, 0.3) is 0 Å². The van der Waals surface area contributed by atoms with E-state index in [0.29, 0.717) is 17.6 Å². The van der Waals surface area contributed by atoms with E-state index in [1.54, 1.807) is 0 Å². The van der Waals surface area contributed by atoms with Gasteiger partial charge in [-0.25, -0.2) is 0 Å². The van der Waals surface area contributed by atoms with Crippen LogP contribution in [-0.2, 0) is 4.79 Å². The van der Waals surface area contributed by atoms with E-state index in [0.717, 1.165) is 30.6 Å². The molecule has 0 heterocycles. The van der Waals surface area contributed by atoms with Gasteiger partial charge in [0.15, 0.2) is 0 Å². The number of carbonyl (C=O) groups excluding carboxylic acids is 1.